The summed E-state index contributed by atoms with van der Waals surface area (Å²) in [5, 5.41) is 11.9. The number of fused-ring (bicyclic) bond motifs is 1. The average Bonchev–Trinajstić information content (AvgIpc) is 2.94. The molecule has 1 aromatic carbocycles. The molecule has 0 atom stereocenters. The molecule has 8 heteroatoms. The first-order valence-corrected chi connectivity index (χ1v) is 10.8. The van der Waals surface area contributed by atoms with E-state index in [0.717, 1.165) is 36.6 Å². The highest BCUT2D eigenvalue weighted by molar-refractivity contribution is 6.32. The van der Waals surface area contributed by atoms with Crippen molar-refractivity contribution in [3.8, 4) is 11.5 Å². The maximum atomic E-state index is 12.2. The van der Waals surface area contributed by atoms with Crippen LogP contribution >= 0.6 is 11.6 Å². The summed E-state index contributed by atoms with van der Waals surface area (Å²) in [5.41, 5.74) is 0.755. The number of carbonyl (C=O) groups excluding carboxylic acids is 1. The average molecular weight is 433 g/mol. The molecule has 1 amide bonds. The third-order valence-electron chi connectivity index (χ3n) is 4.87. The van der Waals surface area contributed by atoms with E-state index in [1.807, 2.05) is 13.8 Å². The molecular formula is C22H29ClN4O3. The minimum atomic E-state index is -0.178. The van der Waals surface area contributed by atoms with Gasteiger partial charge in [0.25, 0.3) is 0 Å². The van der Waals surface area contributed by atoms with E-state index in [1.54, 1.807) is 25.3 Å². The van der Waals surface area contributed by atoms with Crippen molar-refractivity contribution in [3.05, 3.63) is 40.4 Å². The van der Waals surface area contributed by atoms with Crippen molar-refractivity contribution in [3.63, 3.8) is 0 Å². The molecule has 1 aromatic heterocycles. The molecule has 0 fully saturated rings. The van der Waals surface area contributed by atoms with Crippen molar-refractivity contribution in [1.29, 1.82) is 0 Å². The molecule has 0 spiro atoms. The van der Waals surface area contributed by atoms with Crippen LogP contribution in [0.2, 0.25) is 5.02 Å². The van der Waals surface area contributed by atoms with Crippen LogP contribution in [0, 0.1) is 0 Å². The molecule has 1 aliphatic rings. The summed E-state index contributed by atoms with van der Waals surface area (Å²) in [4.78, 5) is 12.2. The molecule has 1 aliphatic heterocycles. The number of aryl methyl sites for hydroxylation is 1. The minimum Gasteiger partial charge on any atom is -0.493 e. The first-order chi connectivity index (χ1) is 14.5. The number of ether oxygens (including phenoxy) is 2. The summed E-state index contributed by atoms with van der Waals surface area (Å²) < 4.78 is 13.3. The molecule has 2 heterocycles. The number of hydrogen-bond donors (Lipinski definition) is 1. The molecule has 0 saturated heterocycles. The number of methoxy groups -OCH3 is 1. The van der Waals surface area contributed by atoms with Gasteiger partial charge in [0.2, 0.25) is 5.91 Å². The molecule has 2 aromatic rings. The highest BCUT2D eigenvalue weighted by Crippen LogP contribution is 2.37. The molecule has 0 aliphatic carbocycles. The van der Waals surface area contributed by atoms with Crippen molar-refractivity contribution in [2.24, 2.45) is 0 Å². The van der Waals surface area contributed by atoms with Crippen LogP contribution in [0.4, 0.5) is 0 Å². The number of benzene rings is 1. The number of nitrogens with one attached hydrogen (secondary N) is 1. The fourth-order valence-corrected chi connectivity index (χ4v) is 3.71. The predicted octanol–water partition coefficient (Wildman–Crippen LogP) is 3.83. The summed E-state index contributed by atoms with van der Waals surface area (Å²) >= 11 is 6.33. The van der Waals surface area contributed by atoms with Crippen LogP contribution in [0.5, 0.6) is 11.5 Å². The summed E-state index contributed by atoms with van der Waals surface area (Å²) in [6, 6.07) is 3.54. The molecule has 0 bridgehead atoms. The van der Waals surface area contributed by atoms with Crippen LogP contribution in [0.3, 0.4) is 0 Å². The van der Waals surface area contributed by atoms with Gasteiger partial charge >= 0.3 is 0 Å². The largest absolute Gasteiger partial charge is 0.493 e. The Bertz CT molecular complexity index is 908. The van der Waals surface area contributed by atoms with Gasteiger partial charge in [0.1, 0.15) is 11.6 Å². The van der Waals surface area contributed by atoms with Gasteiger partial charge in [0, 0.05) is 32.0 Å². The lowest BCUT2D eigenvalue weighted by Gasteiger charge is -2.15. The van der Waals surface area contributed by atoms with E-state index in [-0.39, 0.29) is 12.0 Å². The van der Waals surface area contributed by atoms with E-state index >= 15 is 0 Å². The predicted molar refractivity (Wildman–Crippen MR) is 117 cm³/mol. The fraction of sp³-hybridized carbons (Fsp3) is 0.500. The number of hydrogen-bond acceptors (Lipinski definition) is 5. The summed E-state index contributed by atoms with van der Waals surface area (Å²) in [7, 11) is 1.56. The number of halogens is 1. The molecule has 1 N–H and O–H groups in total. The Morgan fingerprint density at radius 2 is 2.13 bits per heavy atom. The van der Waals surface area contributed by atoms with Gasteiger partial charge < -0.3 is 19.4 Å². The van der Waals surface area contributed by atoms with Gasteiger partial charge in [-0.3, -0.25) is 4.79 Å². The second-order valence-corrected chi connectivity index (χ2v) is 7.98. The SMILES string of the molecule is COc1cc(/C=C/C(=O)NCCc2nnc3n2CCCCC3)cc(Cl)c1OC(C)C. The number of rotatable bonds is 8. The molecule has 7 nitrogen and oxygen atoms in total. The summed E-state index contributed by atoms with van der Waals surface area (Å²) in [6.07, 6.45) is 8.35. The summed E-state index contributed by atoms with van der Waals surface area (Å²) in [5.74, 6) is 2.85. The molecule has 162 valence electrons. The maximum absolute atomic E-state index is 12.2. The first-order valence-electron chi connectivity index (χ1n) is 10.4. The van der Waals surface area contributed by atoms with Crippen LogP contribution in [0.25, 0.3) is 6.08 Å². The van der Waals surface area contributed by atoms with E-state index in [2.05, 4.69) is 20.1 Å². The zero-order chi connectivity index (χ0) is 21.5. The van der Waals surface area contributed by atoms with Crippen molar-refractivity contribution in [2.75, 3.05) is 13.7 Å². The van der Waals surface area contributed by atoms with Crippen molar-refractivity contribution in [2.45, 2.75) is 58.6 Å². The normalized spacial score (nSPS) is 13.9. The lowest BCUT2D eigenvalue weighted by Crippen LogP contribution is -2.24. The van der Waals surface area contributed by atoms with Crippen LogP contribution in [-0.2, 0) is 24.2 Å². The van der Waals surface area contributed by atoms with Gasteiger partial charge in [0.05, 0.1) is 18.2 Å². The van der Waals surface area contributed by atoms with Crippen LogP contribution < -0.4 is 14.8 Å². The third-order valence-corrected chi connectivity index (χ3v) is 5.15. The number of aromatic nitrogens is 3. The monoisotopic (exact) mass is 432 g/mol. The number of nitrogens with zero attached hydrogens (tertiary/aromatic N) is 3. The van der Waals surface area contributed by atoms with E-state index in [9.17, 15) is 4.79 Å². The molecular weight excluding hydrogens is 404 g/mol. The topological polar surface area (TPSA) is 78.3 Å². The maximum Gasteiger partial charge on any atom is 0.244 e. The van der Waals surface area contributed by atoms with E-state index < -0.39 is 0 Å². The fourth-order valence-electron chi connectivity index (χ4n) is 3.44. The Balaban J connectivity index is 1.56. The van der Waals surface area contributed by atoms with Crippen LogP contribution in [0.15, 0.2) is 18.2 Å². The Morgan fingerprint density at radius 1 is 1.30 bits per heavy atom. The molecule has 30 heavy (non-hydrogen) atoms. The van der Waals surface area contributed by atoms with Gasteiger partial charge in [-0.2, -0.15) is 0 Å². The Hall–Kier alpha value is -2.54. The lowest BCUT2D eigenvalue weighted by atomic mass is 10.2. The second-order valence-electron chi connectivity index (χ2n) is 7.57. The first kappa shape index (κ1) is 22.2. The van der Waals surface area contributed by atoms with Gasteiger partial charge in [-0.25, -0.2) is 0 Å². The van der Waals surface area contributed by atoms with Crippen molar-refractivity contribution < 1.29 is 14.3 Å². The summed E-state index contributed by atoms with van der Waals surface area (Å²) in [6.45, 7) is 5.31. The van der Waals surface area contributed by atoms with E-state index in [1.165, 1.54) is 18.9 Å². The standard InChI is InChI=1S/C22H29ClN4O3/c1-15(2)30-22-17(23)13-16(14-18(22)29-3)8-9-21(28)24-11-10-20-26-25-19-7-5-4-6-12-27(19)20/h8-9,13-15H,4-7,10-12H2,1-3H3,(H,24,28)/b9-8+. The van der Waals surface area contributed by atoms with Gasteiger partial charge in [-0.1, -0.05) is 18.0 Å². The van der Waals surface area contributed by atoms with Crippen molar-refractivity contribution in [1.82, 2.24) is 20.1 Å². The van der Waals surface area contributed by atoms with Gasteiger partial charge in [-0.15, -0.1) is 10.2 Å². The van der Waals surface area contributed by atoms with Crippen molar-refractivity contribution >= 4 is 23.6 Å². The zero-order valence-corrected chi connectivity index (χ0v) is 18.5. The number of carbonyl (C=O) groups is 1. The molecule has 0 unspecified atom stereocenters. The second kappa shape index (κ2) is 10.5. The molecule has 3 rings (SSSR count). The number of amides is 1. The van der Waals surface area contributed by atoms with E-state index in [0.29, 0.717) is 29.5 Å². The quantitative estimate of drug-likeness (QED) is 0.641. The Kier molecular flexibility index (Phi) is 7.74. The highest BCUT2D eigenvalue weighted by atomic mass is 35.5. The Morgan fingerprint density at radius 3 is 2.90 bits per heavy atom. The lowest BCUT2D eigenvalue weighted by molar-refractivity contribution is -0.116. The van der Waals surface area contributed by atoms with Gasteiger partial charge in [-0.05, 0) is 50.5 Å². The van der Waals surface area contributed by atoms with Gasteiger partial charge in [0.15, 0.2) is 11.5 Å². The zero-order valence-electron chi connectivity index (χ0n) is 17.8. The smallest absolute Gasteiger partial charge is 0.244 e. The van der Waals surface area contributed by atoms with Crippen LogP contribution in [0.1, 0.15) is 50.3 Å². The van der Waals surface area contributed by atoms with Crippen LogP contribution in [-0.4, -0.2) is 40.4 Å². The highest BCUT2D eigenvalue weighted by Gasteiger charge is 2.15. The minimum absolute atomic E-state index is 0.0242. The molecule has 0 radical (unpaired) electrons. The van der Waals surface area contributed by atoms with E-state index in [4.69, 9.17) is 21.1 Å². The Labute approximate surface area is 182 Å². The third kappa shape index (κ3) is 5.75. The molecule has 0 saturated carbocycles.